The second kappa shape index (κ2) is 2.01. The first-order valence-corrected chi connectivity index (χ1v) is 3.35. The summed E-state index contributed by atoms with van der Waals surface area (Å²) in [6.45, 7) is 0.992. The zero-order valence-corrected chi connectivity index (χ0v) is 5.59. The molecule has 0 fully saturated rings. The fourth-order valence-corrected chi connectivity index (χ4v) is 1.19. The highest BCUT2D eigenvalue weighted by molar-refractivity contribution is 6.30. The molecule has 48 valence electrons. The van der Waals surface area contributed by atoms with Crippen molar-refractivity contribution in [1.29, 1.82) is 0 Å². The summed E-state index contributed by atoms with van der Waals surface area (Å²) in [5.74, 6) is 0. The van der Waals surface area contributed by atoms with E-state index in [1.165, 1.54) is 0 Å². The monoisotopic (exact) mass is 130 g/mol. The zero-order chi connectivity index (χ0) is 6.97. The second-order valence-electron chi connectivity index (χ2n) is 2.41. The molecule has 0 saturated carbocycles. The van der Waals surface area contributed by atoms with Crippen LogP contribution in [0.5, 0.6) is 0 Å². The minimum Gasteiger partial charge on any atom is -0.383 e. The van der Waals surface area contributed by atoms with E-state index in [-0.39, 0.29) is 0 Å². The Kier molecular flexibility index (Phi) is 1.16. The number of aromatic nitrogens is 1. The first kappa shape index (κ1) is 5.77. The minimum absolute atomic E-state index is 0.613. The van der Waals surface area contributed by atoms with Crippen molar-refractivity contribution >= 4 is 19.1 Å². The molecule has 2 heterocycles. The van der Waals surface area contributed by atoms with E-state index in [1.54, 1.807) is 0 Å². The Bertz CT molecular complexity index is 260. The lowest BCUT2D eigenvalue weighted by Crippen LogP contribution is -2.08. The molecule has 0 saturated heterocycles. The Hall–Kier alpha value is -0.985. The summed E-state index contributed by atoms with van der Waals surface area (Å²) in [5, 5.41) is 3.21. The smallest absolute Gasteiger partial charge is 0.141 e. The van der Waals surface area contributed by atoms with Crippen molar-refractivity contribution in [3.8, 4) is 0 Å². The highest BCUT2D eigenvalue weighted by Gasteiger charge is 2.09. The van der Waals surface area contributed by atoms with Gasteiger partial charge in [-0.2, -0.15) is 0 Å². The number of pyridine rings is 1. The van der Waals surface area contributed by atoms with E-state index in [4.69, 9.17) is 7.85 Å². The van der Waals surface area contributed by atoms with Crippen LogP contribution in [0.1, 0.15) is 5.69 Å². The maximum Gasteiger partial charge on any atom is 0.141 e. The molecule has 1 aromatic rings. The number of hydrogen-bond acceptors (Lipinski definition) is 2. The van der Waals surface area contributed by atoms with Crippen molar-refractivity contribution in [2.24, 2.45) is 0 Å². The first-order chi connectivity index (χ1) is 4.86. The average molecular weight is 130 g/mol. The van der Waals surface area contributed by atoms with Gasteiger partial charge in [0.25, 0.3) is 0 Å². The summed E-state index contributed by atoms with van der Waals surface area (Å²) in [6.07, 6.45) is 1.00. The summed E-state index contributed by atoms with van der Waals surface area (Å²) in [6, 6.07) is 3.79. The van der Waals surface area contributed by atoms with E-state index in [1.807, 2.05) is 12.1 Å². The van der Waals surface area contributed by atoms with Crippen LogP contribution in [0.4, 0.5) is 5.69 Å². The average Bonchev–Trinajstić information content (AvgIpc) is 2.33. The standard InChI is InChI=1S/C7H7BN2/c8-7-2-1-5-6(10-7)3-4-9-5/h1-2,9H,3-4H2. The van der Waals surface area contributed by atoms with Crippen LogP contribution in [0.2, 0.25) is 0 Å². The van der Waals surface area contributed by atoms with Crippen molar-refractivity contribution in [2.45, 2.75) is 6.42 Å². The van der Waals surface area contributed by atoms with Gasteiger partial charge in [-0.3, -0.25) is 4.98 Å². The van der Waals surface area contributed by atoms with Gasteiger partial charge in [0.15, 0.2) is 0 Å². The lowest BCUT2D eigenvalue weighted by atomic mass is 10.0. The summed E-state index contributed by atoms with van der Waals surface area (Å²) >= 11 is 0. The first-order valence-electron chi connectivity index (χ1n) is 3.35. The molecule has 0 bridgehead atoms. The zero-order valence-electron chi connectivity index (χ0n) is 5.59. The van der Waals surface area contributed by atoms with Crippen molar-refractivity contribution in [2.75, 3.05) is 11.9 Å². The lowest BCUT2D eigenvalue weighted by Gasteiger charge is -1.98. The predicted octanol–water partition coefficient (Wildman–Crippen LogP) is -0.157. The molecule has 1 aliphatic rings. The highest BCUT2D eigenvalue weighted by Crippen LogP contribution is 2.16. The predicted molar refractivity (Wildman–Crippen MR) is 41.8 cm³/mol. The van der Waals surface area contributed by atoms with E-state index in [9.17, 15) is 0 Å². The maximum absolute atomic E-state index is 5.49. The molecule has 0 unspecified atom stereocenters. The molecule has 1 aromatic heterocycles. The molecule has 0 amide bonds. The summed E-state index contributed by atoms with van der Waals surface area (Å²) in [5.41, 5.74) is 2.84. The van der Waals surface area contributed by atoms with Crippen LogP contribution in [-0.2, 0) is 6.42 Å². The van der Waals surface area contributed by atoms with Gasteiger partial charge in [0.2, 0.25) is 0 Å². The SMILES string of the molecule is [B]c1ccc2c(n1)CCN2. The van der Waals surface area contributed by atoms with Crippen molar-refractivity contribution in [3.05, 3.63) is 17.8 Å². The molecular formula is C7H7BN2. The van der Waals surface area contributed by atoms with Crippen LogP contribution in [-0.4, -0.2) is 19.4 Å². The van der Waals surface area contributed by atoms with Crippen LogP contribution in [0.3, 0.4) is 0 Å². The fraction of sp³-hybridized carbons (Fsp3) is 0.286. The van der Waals surface area contributed by atoms with Crippen molar-refractivity contribution < 1.29 is 0 Å². The lowest BCUT2D eigenvalue weighted by molar-refractivity contribution is 1.05. The van der Waals surface area contributed by atoms with Gasteiger partial charge in [0, 0.05) is 13.0 Å². The van der Waals surface area contributed by atoms with Crippen LogP contribution in [0, 0.1) is 0 Å². The molecule has 0 atom stereocenters. The molecule has 2 radical (unpaired) electrons. The normalized spacial score (nSPS) is 14.4. The molecule has 0 spiro atoms. The van der Waals surface area contributed by atoms with Gasteiger partial charge in [0.1, 0.15) is 7.85 Å². The van der Waals surface area contributed by atoms with E-state index in [0.717, 1.165) is 24.3 Å². The summed E-state index contributed by atoms with van der Waals surface area (Å²) in [4.78, 5) is 4.17. The summed E-state index contributed by atoms with van der Waals surface area (Å²) in [7, 11) is 5.49. The molecule has 1 N–H and O–H groups in total. The van der Waals surface area contributed by atoms with Crippen LogP contribution in [0.25, 0.3) is 0 Å². The van der Waals surface area contributed by atoms with Crippen LogP contribution in [0.15, 0.2) is 12.1 Å². The van der Waals surface area contributed by atoms with E-state index in [2.05, 4.69) is 10.3 Å². The van der Waals surface area contributed by atoms with Crippen LogP contribution < -0.4 is 10.9 Å². The van der Waals surface area contributed by atoms with Gasteiger partial charge >= 0.3 is 0 Å². The molecule has 2 nitrogen and oxygen atoms in total. The quantitative estimate of drug-likeness (QED) is 0.493. The number of fused-ring (bicyclic) bond motifs is 1. The molecule has 2 rings (SSSR count). The van der Waals surface area contributed by atoms with Crippen molar-refractivity contribution in [1.82, 2.24) is 4.98 Å². The van der Waals surface area contributed by atoms with Gasteiger partial charge in [0.05, 0.1) is 11.4 Å². The summed E-state index contributed by atoms with van der Waals surface area (Å²) < 4.78 is 0. The van der Waals surface area contributed by atoms with Gasteiger partial charge in [-0.05, 0) is 17.7 Å². The number of hydrogen-bond donors (Lipinski definition) is 1. The van der Waals surface area contributed by atoms with Gasteiger partial charge < -0.3 is 5.32 Å². The second-order valence-corrected chi connectivity index (χ2v) is 2.41. The maximum atomic E-state index is 5.49. The van der Waals surface area contributed by atoms with E-state index < -0.39 is 0 Å². The molecule has 0 aliphatic carbocycles. The van der Waals surface area contributed by atoms with E-state index in [0.29, 0.717) is 5.59 Å². The van der Waals surface area contributed by atoms with Crippen molar-refractivity contribution in [3.63, 3.8) is 0 Å². The Morgan fingerprint density at radius 1 is 1.50 bits per heavy atom. The van der Waals surface area contributed by atoms with Gasteiger partial charge in [-0.25, -0.2) is 0 Å². The van der Waals surface area contributed by atoms with Gasteiger partial charge in [-0.15, -0.1) is 0 Å². The fourth-order valence-electron chi connectivity index (χ4n) is 1.19. The third kappa shape index (κ3) is 0.782. The highest BCUT2D eigenvalue weighted by atomic mass is 14.9. The topological polar surface area (TPSA) is 24.9 Å². The van der Waals surface area contributed by atoms with E-state index >= 15 is 0 Å². The molecule has 3 heteroatoms. The number of rotatable bonds is 0. The Balaban J connectivity index is 2.52. The number of nitrogens with zero attached hydrogens (tertiary/aromatic N) is 1. The van der Waals surface area contributed by atoms with Crippen LogP contribution >= 0.6 is 0 Å². The third-order valence-electron chi connectivity index (χ3n) is 1.67. The number of anilines is 1. The molecular weight excluding hydrogens is 123 g/mol. The Morgan fingerprint density at radius 3 is 3.30 bits per heavy atom. The molecule has 10 heavy (non-hydrogen) atoms. The van der Waals surface area contributed by atoms with Gasteiger partial charge in [-0.1, -0.05) is 0 Å². The molecule has 1 aliphatic heterocycles. The largest absolute Gasteiger partial charge is 0.383 e. The third-order valence-corrected chi connectivity index (χ3v) is 1.67. The Morgan fingerprint density at radius 2 is 2.40 bits per heavy atom. The minimum atomic E-state index is 0.613. The Labute approximate surface area is 61.1 Å². The molecule has 0 aromatic carbocycles. The number of nitrogens with one attached hydrogen (secondary N) is 1.